The minimum atomic E-state index is -0.676. The van der Waals surface area contributed by atoms with Crippen molar-refractivity contribution in [2.24, 2.45) is 22.3 Å². The molecule has 0 unspecified atom stereocenters. The molecule has 0 saturated heterocycles. The average Bonchev–Trinajstić information content (AvgIpc) is 3.00. The van der Waals surface area contributed by atoms with Gasteiger partial charge < -0.3 is 21.7 Å². The monoisotopic (exact) mass is 328 g/mol. The van der Waals surface area contributed by atoms with Gasteiger partial charge in [0, 0.05) is 11.6 Å². The Morgan fingerprint density at radius 1 is 0.957 bits per heavy atom. The lowest BCUT2D eigenvalue weighted by molar-refractivity contribution is -0.154. The predicted octanol–water partition coefficient (Wildman–Crippen LogP) is 2.35. The number of carbonyl (C=O) groups is 2. The lowest BCUT2D eigenvalue weighted by Gasteiger charge is -2.41. The molecule has 4 rings (SSSR count). The first kappa shape index (κ1) is 19.9. The summed E-state index contributed by atoms with van der Waals surface area (Å²) < 4.78 is 0. The van der Waals surface area contributed by atoms with E-state index in [1.54, 1.807) is 6.92 Å². The molecule has 4 aliphatic carbocycles. The maximum absolute atomic E-state index is 10.7. The van der Waals surface area contributed by atoms with E-state index in [2.05, 4.69) is 0 Å². The lowest BCUT2D eigenvalue weighted by atomic mass is 9.66. The van der Waals surface area contributed by atoms with Crippen LogP contribution in [0.2, 0.25) is 0 Å². The van der Waals surface area contributed by atoms with Crippen molar-refractivity contribution in [3.8, 4) is 0 Å². The van der Waals surface area contributed by atoms with Gasteiger partial charge >= 0.3 is 11.9 Å². The Morgan fingerprint density at radius 3 is 1.70 bits per heavy atom. The molecule has 4 saturated carbocycles. The van der Waals surface area contributed by atoms with Gasteiger partial charge in [0.2, 0.25) is 0 Å². The molecule has 0 amide bonds. The van der Waals surface area contributed by atoms with Gasteiger partial charge in [-0.1, -0.05) is 13.8 Å². The SMILES string of the molecule is CC.CC1(C(=O)O)CCC(N)CC1.NC12CCC(C(=O)O)(C1)C2. The zero-order valence-corrected chi connectivity index (χ0v) is 14.6. The Labute approximate surface area is 138 Å². The van der Waals surface area contributed by atoms with E-state index in [0.29, 0.717) is 12.8 Å². The maximum atomic E-state index is 10.7. The fourth-order valence-corrected chi connectivity index (χ4v) is 3.89. The van der Waals surface area contributed by atoms with Crippen molar-refractivity contribution in [1.29, 1.82) is 0 Å². The van der Waals surface area contributed by atoms with Gasteiger partial charge in [-0.2, -0.15) is 0 Å². The second-order valence-corrected chi connectivity index (χ2v) is 7.50. The third-order valence-corrected chi connectivity index (χ3v) is 5.59. The van der Waals surface area contributed by atoms with Crippen molar-refractivity contribution < 1.29 is 19.8 Å². The van der Waals surface area contributed by atoms with E-state index in [-0.39, 0.29) is 11.6 Å². The summed E-state index contributed by atoms with van der Waals surface area (Å²) in [6.45, 7) is 5.81. The van der Waals surface area contributed by atoms with Gasteiger partial charge in [0.1, 0.15) is 0 Å². The molecule has 0 heterocycles. The summed E-state index contributed by atoms with van der Waals surface area (Å²) in [7, 11) is 0. The van der Waals surface area contributed by atoms with Crippen LogP contribution in [0.5, 0.6) is 0 Å². The molecule has 0 spiro atoms. The first-order valence-corrected chi connectivity index (χ1v) is 8.62. The highest BCUT2D eigenvalue weighted by Crippen LogP contribution is 2.60. The van der Waals surface area contributed by atoms with Gasteiger partial charge in [0.25, 0.3) is 0 Å². The summed E-state index contributed by atoms with van der Waals surface area (Å²) in [4.78, 5) is 21.4. The van der Waals surface area contributed by atoms with Crippen molar-refractivity contribution in [3.63, 3.8) is 0 Å². The lowest BCUT2D eigenvalue weighted by Crippen LogP contribution is -2.53. The maximum Gasteiger partial charge on any atom is 0.309 e. The fraction of sp³-hybridized carbons (Fsp3) is 0.882. The van der Waals surface area contributed by atoms with Crippen LogP contribution >= 0.6 is 0 Å². The predicted molar refractivity (Wildman–Crippen MR) is 89.0 cm³/mol. The minimum absolute atomic E-state index is 0.0988. The van der Waals surface area contributed by atoms with Gasteiger partial charge in [-0.15, -0.1) is 0 Å². The zero-order chi connectivity index (χ0) is 17.9. The van der Waals surface area contributed by atoms with Gasteiger partial charge in [-0.3, -0.25) is 9.59 Å². The highest BCUT2D eigenvalue weighted by atomic mass is 16.4. The van der Waals surface area contributed by atoms with E-state index < -0.39 is 22.8 Å². The molecule has 0 aromatic carbocycles. The van der Waals surface area contributed by atoms with Crippen molar-refractivity contribution in [2.75, 3.05) is 0 Å². The molecule has 23 heavy (non-hydrogen) atoms. The number of fused-ring (bicyclic) bond motifs is 1. The molecular weight excluding hydrogens is 296 g/mol. The Hall–Kier alpha value is -1.14. The first-order valence-electron chi connectivity index (χ1n) is 8.62. The standard InChI is InChI=1S/C8H15NO2.C7H11NO2.C2H6/c1-8(7(10)11)4-2-6(9)3-5-8;8-7-2-1-6(3-7,4-7)5(9)10;1-2/h6H,2-5,9H2,1H3,(H,10,11);1-4,8H2,(H,9,10);1-2H3. The number of rotatable bonds is 2. The molecule has 2 bridgehead atoms. The van der Waals surface area contributed by atoms with Crippen molar-refractivity contribution >= 4 is 11.9 Å². The van der Waals surface area contributed by atoms with Crippen LogP contribution in [-0.2, 0) is 9.59 Å². The molecule has 0 aromatic heterocycles. The van der Waals surface area contributed by atoms with Crippen LogP contribution in [0, 0.1) is 10.8 Å². The Bertz CT molecular complexity index is 436. The Morgan fingerprint density at radius 2 is 1.43 bits per heavy atom. The Balaban J connectivity index is 0.000000208. The first-order chi connectivity index (χ1) is 10.6. The van der Waals surface area contributed by atoms with Crippen LogP contribution in [-0.4, -0.2) is 33.7 Å². The van der Waals surface area contributed by atoms with Crippen LogP contribution in [0.25, 0.3) is 0 Å². The molecule has 6 nitrogen and oxygen atoms in total. The zero-order valence-electron chi connectivity index (χ0n) is 14.6. The summed E-state index contributed by atoms with van der Waals surface area (Å²) >= 11 is 0. The minimum Gasteiger partial charge on any atom is -0.481 e. The molecule has 0 atom stereocenters. The fourth-order valence-electron chi connectivity index (χ4n) is 3.89. The molecular formula is C17H32N2O4. The van der Waals surface area contributed by atoms with Gasteiger partial charge in [-0.25, -0.2) is 0 Å². The number of hydrogen-bond acceptors (Lipinski definition) is 4. The number of hydrogen-bond donors (Lipinski definition) is 4. The van der Waals surface area contributed by atoms with Crippen molar-refractivity contribution in [3.05, 3.63) is 0 Å². The summed E-state index contributed by atoms with van der Waals surface area (Å²) in [5, 5.41) is 17.6. The highest BCUT2D eigenvalue weighted by molar-refractivity contribution is 5.77. The van der Waals surface area contributed by atoms with Crippen molar-refractivity contribution in [2.45, 2.75) is 83.7 Å². The number of nitrogens with two attached hydrogens (primary N) is 2. The van der Waals surface area contributed by atoms with Crippen LogP contribution in [0.3, 0.4) is 0 Å². The van der Waals surface area contributed by atoms with E-state index >= 15 is 0 Å². The van der Waals surface area contributed by atoms with Gasteiger partial charge in [0.15, 0.2) is 0 Å². The van der Waals surface area contributed by atoms with Crippen LogP contribution in [0.1, 0.15) is 72.1 Å². The molecule has 0 aliphatic heterocycles. The summed E-state index contributed by atoms with van der Waals surface area (Å²) in [5.41, 5.74) is 10.5. The average molecular weight is 328 g/mol. The number of aliphatic carboxylic acids is 2. The van der Waals surface area contributed by atoms with E-state index in [1.165, 1.54) is 0 Å². The van der Waals surface area contributed by atoms with E-state index in [0.717, 1.165) is 38.5 Å². The Kier molecular flexibility index (Phi) is 6.21. The smallest absolute Gasteiger partial charge is 0.309 e. The van der Waals surface area contributed by atoms with E-state index in [9.17, 15) is 9.59 Å². The van der Waals surface area contributed by atoms with E-state index in [4.69, 9.17) is 21.7 Å². The summed E-state index contributed by atoms with van der Waals surface area (Å²) in [5.74, 6) is -1.32. The molecule has 6 heteroatoms. The van der Waals surface area contributed by atoms with Gasteiger partial charge in [0.05, 0.1) is 10.8 Å². The van der Waals surface area contributed by atoms with Crippen LogP contribution in [0.4, 0.5) is 0 Å². The van der Waals surface area contributed by atoms with Crippen LogP contribution < -0.4 is 11.5 Å². The van der Waals surface area contributed by atoms with Crippen LogP contribution in [0.15, 0.2) is 0 Å². The molecule has 4 fully saturated rings. The molecule has 134 valence electrons. The molecule has 0 radical (unpaired) electrons. The normalized spacial score (nSPS) is 40.7. The van der Waals surface area contributed by atoms with E-state index in [1.807, 2.05) is 13.8 Å². The largest absolute Gasteiger partial charge is 0.481 e. The second kappa shape index (κ2) is 7.18. The summed E-state index contributed by atoms with van der Waals surface area (Å²) in [6.07, 6.45) is 6.25. The number of carboxylic acid groups (broad SMARTS) is 2. The topological polar surface area (TPSA) is 127 Å². The molecule has 0 aromatic rings. The molecule has 6 N–H and O–H groups in total. The quantitative estimate of drug-likeness (QED) is 0.616. The third-order valence-electron chi connectivity index (χ3n) is 5.59. The second-order valence-electron chi connectivity index (χ2n) is 7.50. The third kappa shape index (κ3) is 4.23. The molecule has 4 aliphatic rings. The number of carboxylic acids is 2. The van der Waals surface area contributed by atoms with Crippen molar-refractivity contribution in [1.82, 2.24) is 0 Å². The van der Waals surface area contributed by atoms with Gasteiger partial charge in [-0.05, 0) is 58.3 Å². The highest BCUT2D eigenvalue weighted by Gasteiger charge is 2.62. The summed E-state index contributed by atoms with van der Waals surface area (Å²) in [6, 6.07) is 0.224.